The summed E-state index contributed by atoms with van der Waals surface area (Å²) in [6.07, 6.45) is 0.313. The molecule has 0 saturated carbocycles. The zero-order valence-corrected chi connectivity index (χ0v) is 15.0. The highest BCUT2D eigenvalue weighted by Gasteiger charge is 2.50. The molecule has 1 amide bonds. The first kappa shape index (κ1) is 18.1. The van der Waals surface area contributed by atoms with E-state index in [9.17, 15) is 14.7 Å². The highest BCUT2D eigenvalue weighted by atomic mass is 16.5. The average molecular weight is 335 g/mol. The third kappa shape index (κ3) is 2.92. The molecular weight excluding hydrogens is 310 g/mol. The molecule has 1 aromatic carbocycles. The summed E-state index contributed by atoms with van der Waals surface area (Å²) in [5.74, 6) is -0.0777. The minimum absolute atomic E-state index is 0.192. The largest absolute Gasteiger partial charge is 0.493 e. The van der Waals surface area contributed by atoms with Crippen molar-refractivity contribution < 1.29 is 24.2 Å². The van der Waals surface area contributed by atoms with Crippen LogP contribution in [0, 0.1) is 10.8 Å². The zero-order chi connectivity index (χ0) is 18.3. The molecule has 0 unspecified atom stereocenters. The normalized spacial score (nSPS) is 22.7. The summed E-state index contributed by atoms with van der Waals surface area (Å²) in [6, 6.07) is 2.92. The van der Waals surface area contributed by atoms with Crippen molar-refractivity contribution in [1.29, 1.82) is 0 Å². The number of methoxy groups -OCH3 is 2. The second kappa shape index (κ2) is 6.00. The van der Waals surface area contributed by atoms with E-state index in [0.29, 0.717) is 17.9 Å². The molecule has 0 bridgehead atoms. The maximum Gasteiger partial charge on any atom is 0.312 e. The maximum atomic E-state index is 12.5. The Morgan fingerprint density at radius 2 is 1.75 bits per heavy atom. The lowest BCUT2D eigenvalue weighted by atomic mass is 9.82. The second-order valence-electron chi connectivity index (χ2n) is 7.46. The van der Waals surface area contributed by atoms with Crippen LogP contribution in [0.3, 0.4) is 0 Å². The molecule has 0 heterocycles. The Kier molecular flexibility index (Phi) is 4.52. The fourth-order valence-corrected chi connectivity index (χ4v) is 2.98. The molecule has 2 atom stereocenters. The fraction of sp³-hybridized carbons (Fsp3) is 0.556. The lowest BCUT2D eigenvalue weighted by Crippen LogP contribution is -2.45. The number of carboxylic acids is 1. The van der Waals surface area contributed by atoms with Gasteiger partial charge in [-0.15, -0.1) is 0 Å². The summed E-state index contributed by atoms with van der Waals surface area (Å²) in [6.45, 7) is 7.04. The Hall–Kier alpha value is -2.24. The number of hydrogen-bond acceptors (Lipinski definition) is 4. The number of amides is 1. The number of rotatable bonds is 4. The molecule has 0 radical (unpaired) electrons. The molecule has 6 heteroatoms. The highest BCUT2D eigenvalue weighted by Crippen LogP contribution is 2.49. The van der Waals surface area contributed by atoms with Crippen molar-refractivity contribution in [2.24, 2.45) is 10.8 Å². The van der Waals surface area contributed by atoms with Crippen LogP contribution in [0.5, 0.6) is 11.5 Å². The third-order valence-electron chi connectivity index (χ3n) is 4.60. The molecule has 2 N–H and O–H groups in total. The Bertz CT molecular complexity index is 677. The summed E-state index contributed by atoms with van der Waals surface area (Å²) >= 11 is 0. The zero-order valence-electron chi connectivity index (χ0n) is 15.0. The van der Waals surface area contributed by atoms with E-state index in [4.69, 9.17) is 9.47 Å². The van der Waals surface area contributed by atoms with Crippen molar-refractivity contribution in [1.82, 2.24) is 5.32 Å². The predicted molar refractivity (Wildman–Crippen MR) is 89.3 cm³/mol. The Balaban J connectivity index is 2.54. The molecule has 0 aromatic heterocycles. The van der Waals surface area contributed by atoms with Crippen LogP contribution < -0.4 is 14.8 Å². The van der Waals surface area contributed by atoms with E-state index in [2.05, 4.69) is 5.32 Å². The molecule has 0 fully saturated rings. The van der Waals surface area contributed by atoms with Gasteiger partial charge in [0.1, 0.15) is 0 Å². The third-order valence-corrected chi connectivity index (χ3v) is 4.60. The van der Waals surface area contributed by atoms with Crippen LogP contribution in [0.25, 0.3) is 0 Å². The fourth-order valence-electron chi connectivity index (χ4n) is 2.98. The Labute approximate surface area is 142 Å². The first-order chi connectivity index (χ1) is 11.0. The first-order valence-electron chi connectivity index (χ1n) is 7.83. The van der Waals surface area contributed by atoms with Gasteiger partial charge in [-0.1, -0.05) is 20.8 Å². The highest BCUT2D eigenvalue weighted by molar-refractivity contribution is 5.85. The van der Waals surface area contributed by atoms with Crippen LogP contribution >= 0.6 is 0 Å². The number of carbonyl (C=O) groups is 2. The number of aliphatic carboxylic acids is 1. The monoisotopic (exact) mass is 335 g/mol. The number of nitrogens with one attached hydrogen (secondary N) is 1. The molecule has 1 aromatic rings. The number of hydrogen-bond donors (Lipinski definition) is 2. The van der Waals surface area contributed by atoms with Gasteiger partial charge in [0.05, 0.1) is 25.7 Å². The van der Waals surface area contributed by atoms with Gasteiger partial charge in [0.15, 0.2) is 11.5 Å². The van der Waals surface area contributed by atoms with Gasteiger partial charge in [0.25, 0.3) is 0 Å². The van der Waals surface area contributed by atoms with Crippen LogP contribution in [0.15, 0.2) is 12.1 Å². The topological polar surface area (TPSA) is 84.9 Å². The van der Waals surface area contributed by atoms with E-state index < -0.39 is 22.8 Å². The van der Waals surface area contributed by atoms with Crippen molar-refractivity contribution in [3.8, 4) is 11.5 Å². The van der Waals surface area contributed by atoms with Crippen molar-refractivity contribution >= 4 is 11.9 Å². The van der Waals surface area contributed by atoms with E-state index >= 15 is 0 Å². The smallest absolute Gasteiger partial charge is 0.312 e. The Morgan fingerprint density at radius 1 is 1.21 bits per heavy atom. The van der Waals surface area contributed by atoms with Gasteiger partial charge in [-0.3, -0.25) is 9.59 Å². The molecule has 2 rings (SSSR count). The Morgan fingerprint density at radius 3 is 2.21 bits per heavy atom. The molecule has 132 valence electrons. The van der Waals surface area contributed by atoms with E-state index in [1.807, 2.05) is 0 Å². The SMILES string of the molecule is COc1cc2c(cc1OC)[C@H](NC(=O)C(C)(C)C)[C@](C)(C(=O)O)C2. The number of benzene rings is 1. The molecule has 1 aliphatic carbocycles. The minimum Gasteiger partial charge on any atom is -0.493 e. The number of ether oxygens (including phenoxy) is 2. The summed E-state index contributed by atoms with van der Waals surface area (Å²) in [7, 11) is 3.06. The van der Waals surface area contributed by atoms with Gasteiger partial charge in [-0.05, 0) is 36.6 Å². The number of fused-ring (bicyclic) bond motifs is 1. The van der Waals surface area contributed by atoms with Crippen molar-refractivity contribution in [3.05, 3.63) is 23.3 Å². The molecule has 0 spiro atoms. The first-order valence-corrected chi connectivity index (χ1v) is 7.83. The van der Waals surface area contributed by atoms with Gasteiger partial charge in [0, 0.05) is 5.41 Å². The summed E-state index contributed by atoms with van der Waals surface area (Å²) in [5.41, 5.74) is -0.133. The number of carbonyl (C=O) groups excluding carboxylic acids is 1. The standard InChI is InChI=1S/C18H25NO5/c1-17(2,3)15(20)19-14-11-8-13(24-6)12(23-5)7-10(11)9-18(14,4)16(21)22/h7-8,14H,9H2,1-6H3,(H,19,20)(H,21,22)/t14-,18+/m0/s1. The summed E-state index contributed by atoms with van der Waals surface area (Å²) in [5, 5.41) is 12.7. The van der Waals surface area contributed by atoms with Crippen molar-refractivity contribution in [3.63, 3.8) is 0 Å². The van der Waals surface area contributed by atoms with Gasteiger partial charge in [-0.2, -0.15) is 0 Å². The number of carboxylic acid groups (broad SMARTS) is 1. The van der Waals surface area contributed by atoms with Crippen LogP contribution in [0.2, 0.25) is 0 Å². The van der Waals surface area contributed by atoms with Crippen LogP contribution in [0.4, 0.5) is 0 Å². The van der Waals surface area contributed by atoms with E-state index in [0.717, 1.165) is 11.1 Å². The minimum atomic E-state index is -1.12. The van der Waals surface area contributed by atoms with E-state index in [1.165, 1.54) is 14.2 Å². The molecule has 0 aliphatic heterocycles. The van der Waals surface area contributed by atoms with Gasteiger partial charge in [-0.25, -0.2) is 0 Å². The maximum absolute atomic E-state index is 12.5. The summed E-state index contributed by atoms with van der Waals surface area (Å²) in [4.78, 5) is 24.4. The molecule has 1 aliphatic rings. The predicted octanol–water partition coefficient (Wildman–Crippen LogP) is 2.55. The average Bonchev–Trinajstić information content (AvgIpc) is 2.77. The van der Waals surface area contributed by atoms with E-state index in [-0.39, 0.29) is 5.91 Å². The summed E-state index contributed by atoms with van der Waals surface area (Å²) < 4.78 is 10.6. The molecular formula is C18H25NO5. The van der Waals surface area contributed by atoms with Crippen molar-refractivity contribution in [2.75, 3.05) is 14.2 Å². The lowest BCUT2D eigenvalue weighted by molar-refractivity contribution is -0.150. The van der Waals surface area contributed by atoms with Gasteiger partial charge < -0.3 is 19.9 Å². The van der Waals surface area contributed by atoms with Crippen LogP contribution in [-0.4, -0.2) is 31.2 Å². The van der Waals surface area contributed by atoms with E-state index in [1.54, 1.807) is 39.8 Å². The molecule has 6 nitrogen and oxygen atoms in total. The van der Waals surface area contributed by atoms with Crippen molar-refractivity contribution in [2.45, 2.75) is 40.2 Å². The molecule has 24 heavy (non-hydrogen) atoms. The van der Waals surface area contributed by atoms with Crippen LogP contribution in [0.1, 0.15) is 44.9 Å². The van der Waals surface area contributed by atoms with Gasteiger partial charge >= 0.3 is 5.97 Å². The lowest BCUT2D eigenvalue weighted by Gasteiger charge is -2.31. The van der Waals surface area contributed by atoms with Gasteiger partial charge in [0.2, 0.25) is 5.91 Å². The molecule has 0 saturated heterocycles. The second-order valence-corrected chi connectivity index (χ2v) is 7.46. The van der Waals surface area contributed by atoms with Crippen LogP contribution in [-0.2, 0) is 16.0 Å². The quantitative estimate of drug-likeness (QED) is 0.883.